The molecule has 0 spiro atoms. The molecular formula is C10H22N2OS. The maximum atomic E-state index is 11.1. The zero-order valence-electron chi connectivity index (χ0n) is 9.27. The summed E-state index contributed by atoms with van der Waals surface area (Å²) in [6.07, 6.45) is 5.68. The van der Waals surface area contributed by atoms with Gasteiger partial charge in [-0.25, -0.2) is 0 Å². The summed E-state index contributed by atoms with van der Waals surface area (Å²) in [5, 5.41) is 5.88. The second kappa shape index (κ2) is 10.9. The molecule has 0 aliphatic rings. The highest BCUT2D eigenvalue weighted by atomic mass is 32.2. The zero-order chi connectivity index (χ0) is 10.6. The van der Waals surface area contributed by atoms with Gasteiger partial charge in [0.1, 0.15) is 0 Å². The van der Waals surface area contributed by atoms with Crippen LogP contribution in [0.15, 0.2) is 0 Å². The van der Waals surface area contributed by atoms with E-state index in [0.29, 0.717) is 6.54 Å². The van der Waals surface area contributed by atoms with Gasteiger partial charge in [0, 0.05) is 6.54 Å². The topological polar surface area (TPSA) is 41.1 Å². The van der Waals surface area contributed by atoms with Crippen LogP contribution in [0.5, 0.6) is 0 Å². The van der Waals surface area contributed by atoms with Crippen molar-refractivity contribution >= 4 is 17.7 Å². The van der Waals surface area contributed by atoms with Gasteiger partial charge < -0.3 is 10.6 Å². The molecule has 0 bridgehead atoms. The van der Waals surface area contributed by atoms with Gasteiger partial charge in [-0.2, -0.15) is 11.8 Å². The summed E-state index contributed by atoms with van der Waals surface area (Å²) in [6.45, 7) is 4.11. The second-order valence-electron chi connectivity index (χ2n) is 3.18. The molecule has 3 nitrogen and oxygen atoms in total. The highest BCUT2D eigenvalue weighted by Crippen LogP contribution is 2.00. The van der Waals surface area contributed by atoms with Gasteiger partial charge >= 0.3 is 0 Å². The number of hydrogen-bond donors (Lipinski definition) is 2. The van der Waals surface area contributed by atoms with Gasteiger partial charge in [0.05, 0.1) is 6.54 Å². The Labute approximate surface area is 91.4 Å². The quantitative estimate of drug-likeness (QED) is 0.572. The molecule has 0 heterocycles. The first kappa shape index (κ1) is 13.8. The van der Waals surface area contributed by atoms with Crippen LogP contribution < -0.4 is 10.6 Å². The van der Waals surface area contributed by atoms with E-state index in [1.54, 1.807) is 0 Å². The van der Waals surface area contributed by atoms with Crippen molar-refractivity contribution in [1.29, 1.82) is 0 Å². The summed E-state index contributed by atoms with van der Waals surface area (Å²) in [6, 6.07) is 0. The molecule has 0 aromatic heterocycles. The first-order valence-electron chi connectivity index (χ1n) is 5.27. The van der Waals surface area contributed by atoms with Gasteiger partial charge in [-0.3, -0.25) is 4.79 Å². The normalized spacial score (nSPS) is 10.1. The molecule has 4 heteroatoms. The molecule has 2 N–H and O–H groups in total. The third-order valence-corrected chi connectivity index (χ3v) is 2.58. The summed E-state index contributed by atoms with van der Waals surface area (Å²) in [7, 11) is 0. The van der Waals surface area contributed by atoms with Crippen LogP contribution in [0.1, 0.15) is 26.2 Å². The lowest BCUT2D eigenvalue weighted by atomic mass is 10.2. The Kier molecular flexibility index (Phi) is 10.7. The Morgan fingerprint density at radius 2 is 2.07 bits per heavy atom. The van der Waals surface area contributed by atoms with Crippen LogP contribution in [-0.2, 0) is 4.79 Å². The van der Waals surface area contributed by atoms with E-state index in [4.69, 9.17) is 0 Å². The Hall–Kier alpha value is -0.220. The van der Waals surface area contributed by atoms with E-state index in [9.17, 15) is 4.79 Å². The average molecular weight is 218 g/mol. The van der Waals surface area contributed by atoms with Gasteiger partial charge in [0.25, 0.3) is 0 Å². The number of carbonyl (C=O) groups excluding carboxylic acids is 1. The van der Waals surface area contributed by atoms with Crippen molar-refractivity contribution in [3.05, 3.63) is 0 Å². The number of amides is 1. The number of likely N-dealkylation sites (N-methyl/N-ethyl adjacent to an activating group) is 1. The van der Waals surface area contributed by atoms with Gasteiger partial charge in [0.15, 0.2) is 0 Å². The average Bonchev–Trinajstić information content (AvgIpc) is 2.20. The highest BCUT2D eigenvalue weighted by Gasteiger charge is 1.97. The molecule has 14 heavy (non-hydrogen) atoms. The highest BCUT2D eigenvalue weighted by molar-refractivity contribution is 7.98. The van der Waals surface area contributed by atoms with Crippen LogP contribution in [0.25, 0.3) is 0 Å². The molecule has 0 rings (SSSR count). The van der Waals surface area contributed by atoms with Crippen molar-refractivity contribution in [2.24, 2.45) is 0 Å². The van der Waals surface area contributed by atoms with Crippen LogP contribution >= 0.6 is 11.8 Å². The number of rotatable bonds is 9. The van der Waals surface area contributed by atoms with E-state index in [1.807, 2.05) is 18.7 Å². The fourth-order valence-electron chi connectivity index (χ4n) is 1.08. The number of unbranched alkanes of at least 4 members (excludes halogenated alkanes) is 2. The summed E-state index contributed by atoms with van der Waals surface area (Å²) >= 11 is 1.88. The van der Waals surface area contributed by atoms with Crippen molar-refractivity contribution in [1.82, 2.24) is 10.6 Å². The molecule has 0 aliphatic heterocycles. The van der Waals surface area contributed by atoms with E-state index in [2.05, 4.69) is 16.9 Å². The van der Waals surface area contributed by atoms with Gasteiger partial charge in [-0.1, -0.05) is 13.3 Å². The van der Waals surface area contributed by atoms with Crippen LogP contribution in [0.2, 0.25) is 0 Å². The molecule has 0 unspecified atom stereocenters. The van der Waals surface area contributed by atoms with Gasteiger partial charge in [-0.15, -0.1) is 0 Å². The molecule has 0 fully saturated rings. The first-order chi connectivity index (χ1) is 6.81. The first-order valence-corrected chi connectivity index (χ1v) is 6.67. The van der Waals surface area contributed by atoms with Crippen molar-refractivity contribution in [2.75, 3.05) is 31.6 Å². The molecule has 0 aliphatic carbocycles. The predicted octanol–water partition coefficient (Wildman–Crippen LogP) is 1.25. The van der Waals surface area contributed by atoms with Crippen molar-refractivity contribution in [2.45, 2.75) is 26.2 Å². The smallest absolute Gasteiger partial charge is 0.233 e. The van der Waals surface area contributed by atoms with E-state index in [-0.39, 0.29) is 5.91 Å². The van der Waals surface area contributed by atoms with Crippen LogP contribution in [-0.4, -0.2) is 37.6 Å². The number of carbonyl (C=O) groups is 1. The number of thioether (sulfide) groups is 1. The van der Waals surface area contributed by atoms with Crippen molar-refractivity contribution in [3.63, 3.8) is 0 Å². The maximum absolute atomic E-state index is 11.1. The number of hydrogen-bond acceptors (Lipinski definition) is 3. The lowest BCUT2D eigenvalue weighted by molar-refractivity contribution is -0.120. The molecular weight excluding hydrogens is 196 g/mol. The summed E-state index contributed by atoms with van der Waals surface area (Å²) < 4.78 is 0. The van der Waals surface area contributed by atoms with Crippen LogP contribution in [0.4, 0.5) is 0 Å². The molecule has 0 aromatic rings. The van der Waals surface area contributed by atoms with Crippen LogP contribution in [0, 0.1) is 0 Å². The molecule has 0 atom stereocenters. The third kappa shape index (κ3) is 9.86. The minimum absolute atomic E-state index is 0.108. The van der Waals surface area contributed by atoms with E-state index >= 15 is 0 Å². The molecule has 84 valence electrons. The predicted molar refractivity (Wildman–Crippen MR) is 63.8 cm³/mol. The maximum Gasteiger partial charge on any atom is 0.233 e. The van der Waals surface area contributed by atoms with Crippen LogP contribution in [0.3, 0.4) is 0 Å². The zero-order valence-corrected chi connectivity index (χ0v) is 10.1. The Morgan fingerprint density at radius 1 is 1.29 bits per heavy atom. The molecule has 0 radical (unpaired) electrons. The van der Waals surface area contributed by atoms with E-state index in [1.165, 1.54) is 18.6 Å². The standard InChI is InChI=1S/C10H22N2OS/c1-3-11-9-10(13)12-7-5-4-6-8-14-2/h11H,3-9H2,1-2H3,(H,12,13). The third-order valence-electron chi connectivity index (χ3n) is 1.88. The summed E-state index contributed by atoms with van der Waals surface area (Å²) in [5.74, 6) is 1.34. The lowest BCUT2D eigenvalue weighted by Crippen LogP contribution is -2.34. The molecule has 0 aromatic carbocycles. The fourth-order valence-corrected chi connectivity index (χ4v) is 1.57. The Balaban J connectivity index is 3.07. The van der Waals surface area contributed by atoms with E-state index in [0.717, 1.165) is 19.5 Å². The SMILES string of the molecule is CCNCC(=O)NCCCCCSC. The van der Waals surface area contributed by atoms with Crippen molar-refractivity contribution < 1.29 is 4.79 Å². The monoisotopic (exact) mass is 218 g/mol. The largest absolute Gasteiger partial charge is 0.355 e. The summed E-state index contributed by atoms with van der Waals surface area (Å²) in [4.78, 5) is 11.1. The van der Waals surface area contributed by atoms with Crippen molar-refractivity contribution in [3.8, 4) is 0 Å². The molecule has 1 amide bonds. The number of nitrogens with one attached hydrogen (secondary N) is 2. The Morgan fingerprint density at radius 3 is 2.71 bits per heavy atom. The van der Waals surface area contributed by atoms with Gasteiger partial charge in [0.2, 0.25) is 5.91 Å². The minimum Gasteiger partial charge on any atom is -0.355 e. The Bertz CT molecular complexity index is 142. The van der Waals surface area contributed by atoms with Gasteiger partial charge in [-0.05, 0) is 31.4 Å². The summed E-state index contributed by atoms with van der Waals surface area (Å²) in [5.41, 5.74) is 0. The van der Waals surface area contributed by atoms with E-state index < -0.39 is 0 Å². The second-order valence-corrected chi connectivity index (χ2v) is 4.17. The fraction of sp³-hybridized carbons (Fsp3) is 0.900. The lowest BCUT2D eigenvalue weighted by Gasteiger charge is -2.04. The molecule has 0 saturated heterocycles. The minimum atomic E-state index is 0.108. The molecule has 0 saturated carbocycles.